The fourth-order valence-corrected chi connectivity index (χ4v) is 1.97. The van der Waals surface area contributed by atoms with Crippen LogP contribution in [0.5, 0.6) is 0 Å². The maximum absolute atomic E-state index is 5.34. The van der Waals surface area contributed by atoms with Crippen LogP contribution in [0.1, 0.15) is 5.56 Å². The number of ether oxygens (including phenoxy) is 1. The van der Waals surface area contributed by atoms with Crippen LogP contribution in [0.2, 0.25) is 0 Å². The van der Waals surface area contributed by atoms with Crippen molar-refractivity contribution in [3.05, 3.63) is 30.5 Å². The van der Waals surface area contributed by atoms with Crippen molar-refractivity contribution in [1.82, 2.24) is 9.88 Å². The van der Waals surface area contributed by atoms with Crippen LogP contribution in [-0.4, -0.2) is 56.3 Å². The average molecular weight is 247 g/mol. The maximum Gasteiger partial charge on any atom is 0.128 e. The summed E-state index contributed by atoms with van der Waals surface area (Å²) >= 11 is 0. The second kappa shape index (κ2) is 6.52. The molecule has 1 saturated heterocycles. The van der Waals surface area contributed by atoms with Gasteiger partial charge in [-0.2, -0.15) is 0 Å². The number of pyridine rings is 1. The Bertz CT molecular complexity index is 371. The Morgan fingerprint density at radius 2 is 2.22 bits per heavy atom. The largest absolute Gasteiger partial charge is 0.379 e. The van der Waals surface area contributed by atoms with Gasteiger partial charge in [0.1, 0.15) is 5.82 Å². The molecule has 4 heteroatoms. The third kappa shape index (κ3) is 3.55. The van der Waals surface area contributed by atoms with Gasteiger partial charge in [-0.05, 0) is 17.7 Å². The van der Waals surface area contributed by atoms with E-state index >= 15 is 0 Å². The van der Waals surface area contributed by atoms with Gasteiger partial charge in [0, 0.05) is 39.4 Å². The summed E-state index contributed by atoms with van der Waals surface area (Å²) in [4.78, 5) is 9.04. The van der Waals surface area contributed by atoms with Crippen LogP contribution in [0.3, 0.4) is 0 Å². The van der Waals surface area contributed by atoms with Gasteiger partial charge in [-0.3, -0.25) is 4.90 Å². The van der Waals surface area contributed by atoms with E-state index in [2.05, 4.69) is 28.4 Å². The Kier molecular flexibility index (Phi) is 4.73. The average Bonchev–Trinajstić information content (AvgIpc) is 2.46. The zero-order valence-corrected chi connectivity index (χ0v) is 11.0. The van der Waals surface area contributed by atoms with Crippen molar-refractivity contribution in [2.45, 2.75) is 0 Å². The third-order valence-corrected chi connectivity index (χ3v) is 3.25. The summed E-state index contributed by atoms with van der Waals surface area (Å²) in [7, 11) is 2.08. The summed E-state index contributed by atoms with van der Waals surface area (Å²) < 4.78 is 5.34. The molecule has 2 heterocycles. The Morgan fingerprint density at radius 1 is 1.44 bits per heavy atom. The number of rotatable bonds is 5. The molecule has 0 spiro atoms. The fourth-order valence-electron chi connectivity index (χ4n) is 1.97. The van der Waals surface area contributed by atoms with E-state index < -0.39 is 0 Å². The van der Waals surface area contributed by atoms with E-state index in [4.69, 9.17) is 4.74 Å². The molecule has 0 saturated carbocycles. The molecule has 0 atom stereocenters. The van der Waals surface area contributed by atoms with Crippen LogP contribution in [0.4, 0.5) is 5.82 Å². The van der Waals surface area contributed by atoms with Gasteiger partial charge in [-0.1, -0.05) is 12.7 Å². The second-order valence-electron chi connectivity index (χ2n) is 4.53. The molecule has 18 heavy (non-hydrogen) atoms. The van der Waals surface area contributed by atoms with Crippen LogP contribution < -0.4 is 4.90 Å². The second-order valence-corrected chi connectivity index (χ2v) is 4.53. The van der Waals surface area contributed by atoms with E-state index in [0.29, 0.717) is 0 Å². The number of anilines is 1. The monoisotopic (exact) mass is 247 g/mol. The van der Waals surface area contributed by atoms with Crippen molar-refractivity contribution in [1.29, 1.82) is 0 Å². The quantitative estimate of drug-likeness (QED) is 0.788. The molecular weight excluding hydrogens is 226 g/mol. The van der Waals surface area contributed by atoms with Crippen molar-refractivity contribution in [3.8, 4) is 0 Å². The molecule has 98 valence electrons. The third-order valence-electron chi connectivity index (χ3n) is 3.25. The van der Waals surface area contributed by atoms with Gasteiger partial charge >= 0.3 is 0 Å². The first kappa shape index (κ1) is 13.1. The maximum atomic E-state index is 5.34. The Labute approximate surface area is 109 Å². The van der Waals surface area contributed by atoms with Gasteiger partial charge in [-0.15, -0.1) is 0 Å². The molecule has 1 aliphatic heterocycles. The van der Waals surface area contributed by atoms with E-state index in [1.165, 1.54) is 0 Å². The molecule has 1 aromatic heterocycles. The Hall–Kier alpha value is -1.39. The minimum atomic E-state index is 0.857. The highest BCUT2D eigenvalue weighted by molar-refractivity contribution is 5.49. The first-order valence-corrected chi connectivity index (χ1v) is 6.39. The Morgan fingerprint density at radius 3 is 2.83 bits per heavy atom. The molecule has 1 aromatic rings. The molecule has 0 bridgehead atoms. The van der Waals surface area contributed by atoms with Crippen LogP contribution >= 0.6 is 0 Å². The lowest BCUT2D eigenvalue weighted by atomic mass is 10.3. The van der Waals surface area contributed by atoms with Crippen molar-refractivity contribution in [3.63, 3.8) is 0 Å². The van der Waals surface area contributed by atoms with E-state index in [0.717, 1.165) is 50.8 Å². The van der Waals surface area contributed by atoms with Gasteiger partial charge in [0.05, 0.1) is 13.2 Å². The number of morpholine rings is 1. The van der Waals surface area contributed by atoms with Crippen molar-refractivity contribution >= 4 is 11.9 Å². The summed E-state index contributed by atoms with van der Waals surface area (Å²) in [5.41, 5.74) is 1.06. The smallest absolute Gasteiger partial charge is 0.128 e. The first-order chi connectivity index (χ1) is 8.79. The molecule has 0 amide bonds. The molecule has 1 fully saturated rings. The zero-order chi connectivity index (χ0) is 12.8. The predicted octanol–water partition coefficient (Wildman–Crippen LogP) is 1.49. The lowest BCUT2D eigenvalue weighted by Crippen LogP contribution is -2.40. The van der Waals surface area contributed by atoms with Gasteiger partial charge in [-0.25, -0.2) is 4.98 Å². The molecule has 0 unspecified atom stereocenters. The highest BCUT2D eigenvalue weighted by Gasteiger charge is 2.11. The molecule has 0 N–H and O–H groups in total. The van der Waals surface area contributed by atoms with E-state index in [9.17, 15) is 0 Å². The van der Waals surface area contributed by atoms with Gasteiger partial charge < -0.3 is 9.64 Å². The topological polar surface area (TPSA) is 28.6 Å². The van der Waals surface area contributed by atoms with Crippen LogP contribution in [0.25, 0.3) is 6.08 Å². The standard InChI is InChI=1S/C14H21N3O/c1-3-13-4-5-14(15-12-13)16(2)6-7-17-8-10-18-11-9-17/h3-5,12H,1,6-11H2,2H3. The summed E-state index contributed by atoms with van der Waals surface area (Å²) in [6.45, 7) is 9.57. The van der Waals surface area contributed by atoms with E-state index in [1.807, 2.05) is 24.4 Å². The highest BCUT2D eigenvalue weighted by atomic mass is 16.5. The zero-order valence-electron chi connectivity index (χ0n) is 11.0. The summed E-state index contributed by atoms with van der Waals surface area (Å²) in [5, 5.41) is 0. The van der Waals surface area contributed by atoms with E-state index in [1.54, 1.807) is 0 Å². The van der Waals surface area contributed by atoms with Crippen LogP contribution in [0, 0.1) is 0 Å². The predicted molar refractivity (Wildman–Crippen MR) is 74.9 cm³/mol. The fraction of sp³-hybridized carbons (Fsp3) is 0.500. The molecule has 1 aliphatic rings. The first-order valence-electron chi connectivity index (χ1n) is 6.39. The minimum absolute atomic E-state index is 0.857. The molecule has 2 rings (SSSR count). The summed E-state index contributed by atoms with van der Waals surface area (Å²) in [6, 6.07) is 4.08. The lowest BCUT2D eigenvalue weighted by Gasteiger charge is -2.28. The number of hydrogen-bond donors (Lipinski definition) is 0. The highest BCUT2D eigenvalue weighted by Crippen LogP contribution is 2.10. The Balaban J connectivity index is 1.82. The van der Waals surface area contributed by atoms with Crippen LogP contribution in [0.15, 0.2) is 24.9 Å². The number of aromatic nitrogens is 1. The summed E-state index contributed by atoms with van der Waals surface area (Å²) in [6.07, 6.45) is 3.66. The molecule has 4 nitrogen and oxygen atoms in total. The summed E-state index contributed by atoms with van der Waals surface area (Å²) in [5.74, 6) is 1.01. The van der Waals surface area contributed by atoms with Crippen molar-refractivity contribution < 1.29 is 4.74 Å². The minimum Gasteiger partial charge on any atom is -0.379 e. The molecule has 0 aliphatic carbocycles. The van der Waals surface area contributed by atoms with Crippen molar-refractivity contribution in [2.75, 3.05) is 51.3 Å². The van der Waals surface area contributed by atoms with Gasteiger partial charge in [0.25, 0.3) is 0 Å². The molecule has 0 radical (unpaired) electrons. The van der Waals surface area contributed by atoms with Crippen molar-refractivity contribution in [2.24, 2.45) is 0 Å². The SMILES string of the molecule is C=Cc1ccc(N(C)CCN2CCOCC2)nc1. The van der Waals surface area contributed by atoms with E-state index in [-0.39, 0.29) is 0 Å². The molecule has 0 aromatic carbocycles. The number of likely N-dealkylation sites (N-methyl/N-ethyl adjacent to an activating group) is 1. The normalized spacial score (nSPS) is 16.5. The van der Waals surface area contributed by atoms with Gasteiger partial charge in [0.15, 0.2) is 0 Å². The lowest BCUT2D eigenvalue weighted by molar-refractivity contribution is 0.0393. The van der Waals surface area contributed by atoms with Crippen LogP contribution in [-0.2, 0) is 4.74 Å². The molecular formula is C14H21N3O. The van der Waals surface area contributed by atoms with Gasteiger partial charge in [0.2, 0.25) is 0 Å². The number of nitrogens with zero attached hydrogens (tertiary/aromatic N) is 3. The number of hydrogen-bond acceptors (Lipinski definition) is 4.